The molecular formula is C20H30ClN3O2S. The minimum atomic E-state index is -0.141. The molecule has 2 saturated carbocycles. The van der Waals surface area contributed by atoms with E-state index in [0.29, 0.717) is 27.7 Å². The van der Waals surface area contributed by atoms with Gasteiger partial charge in [0.2, 0.25) is 5.91 Å². The molecule has 150 valence electrons. The molecule has 1 aromatic heterocycles. The van der Waals surface area contributed by atoms with Crippen LogP contribution in [0.5, 0.6) is 0 Å². The maximum atomic E-state index is 12.4. The number of rotatable bonds is 8. The summed E-state index contributed by atoms with van der Waals surface area (Å²) in [5.74, 6) is 0.903. The summed E-state index contributed by atoms with van der Waals surface area (Å²) in [7, 11) is 4.32. The van der Waals surface area contributed by atoms with Crippen molar-refractivity contribution in [2.45, 2.75) is 38.5 Å². The topological polar surface area (TPSA) is 61.4 Å². The molecule has 0 spiro atoms. The van der Waals surface area contributed by atoms with Crippen molar-refractivity contribution in [2.24, 2.45) is 17.3 Å². The second-order valence-electron chi connectivity index (χ2n) is 8.30. The number of carbonyl (C=O) groups excluding carboxylic acids is 2. The van der Waals surface area contributed by atoms with E-state index in [-0.39, 0.29) is 17.7 Å². The molecule has 7 heteroatoms. The first-order valence-electron chi connectivity index (χ1n) is 9.85. The fourth-order valence-corrected chi connectivity index (χ4v) is 5.44. The standard InChI is InChI=1S/C20H30ClN3O2S/c1-24(2)13-20(9-10-20)15-5-3-14(4-6-15)18(25)22-11-12-23-19(26)16-7-8-17(21)27-16/h7-8,14-15H,3-6,9-13H2,1-2H3,(H,22,25)(H,23,26). The molecule has 0 aliphatic heterocycles. The zero-order chi connectivity index (χ0) is 19.4. The first-order chi connectivity index (χ1) is 12.9. The monoisotopic (exact) mass is 411 g/mol. The average Bonchev–Trinajstić information content (AvgIpc) is 3.28. The average molecular weight is 412 g/mol. The van der Waals surface area contributed by atoms with Crippen molar-refractivity contribution in [1.29, 1.82) is 0 Å². The number of carbonyl (C=O) groups is 2. The molecule has 2 aliphatic carbocycles. The van der Waals surface area contributed by atoms with Gasteiger partial charge in [-0.15, -0.1) is 11.3 Å². The van der Waals surface area contributed by atoms with Gasteiger partial charge in [-0.1, -0.05) is 11.6 Å². The smallest absolute Gasteiger partial charge is 0.261 e. The molecule has 0 radical (unpaired) electrons. The molecule has 2 amide bonds. The van der Waals surface area contributed by atoms with E-state index in [4.69, 9.17) is 11.6 Å². The maximum Gasteiger partial charge on any atom is 0.261 e. The van der Waals surface area contributed by atoms with Gasteiger partial charge < -0.3 is 15.5 Å². The largest absolute Gasteiger partial charge is 0.354 e. The Morgan fingerprint density at radius 3 is 2.37 bits per heavy atom. The summed E-state index contributed by atoms with van der Waals surface area (Å²) in [6, 6.07) is 3.42. The third kappa shape index (κ3) is 5.46. The number of amides is 2. The lowest BCUT2D eigenvalue weighted by molar-refractivity contribution is -0.126. The lowest BCUT2D eigenvalue weighted by Gasteiger charge is -2.35. The van der Waals surface area contributed by atoms with Crippen LogP contribution in [0, 0.1) is 17.3 Å². The number of hydrogen-bond acceptors (Lipinski definition) is 4. The summed E-state index contributed by atoms with van der Waals surface area (Å²) in [4.78, 5) is 27.3. The van der Waals surface area contributed by atoms with E-state index in [2.05, 4.69) is 29.6 Å². The van der Waals surface area contributed by atoms with Gasteiger partial charge >= 0.3 is 0 Å². The van der Waals surface area contributed by atoms with Crippen molar-refractivity contribution < 1.29 is 9.59 Å². The Morgan fingerprint density at radius 2 is 1.81 bits per heavy atom. The summed E-state index contributed by atoms with van der Waals surface area (Å²) in [5.41, 5.74) is 0.528. The van der Waals surface area contributed by atoms with E-state index in [1.54, 1.807) is 12.1 Å². The number of hydrogen-bond donors (Lipinski definition) is 2. The zero-order valence-corrected chi connectivity index (χ0v) is 17.8. The van der Waals surface area contributed by atoms with Gasteiger partial charge in [0, 0.05) is 25.6 Å². The fourth-order valence-electron chi connectivity index (χ4n) is 4.48. The molecule has 0 aromatic carbocycles. The van der Waals surface area contributed by atoms with E-state index in [0.717, 1.165) is 18.8 Å². The molecule has 1 heterocycles. The molecule has 0 saturated heterocycles. The third-order valence-electron chi connectivity index (χ3n) is 5.99. The van der Waals surface area contributed by atoms with Crippen molar-refractivity contribution in [2.75, 3.05) is 33.7 Å². The quantitative estimate of drug-likeness (QED) is 0.644. The number of thiophene rings is 1. The Balaban J connectivity index is 1.33. The molecule has 0 unspecified atom stereocenters. The van der Waals surface area contributed by atoms with Crippen LogP contribution in [0.25, 0.3) is 0 Å². The Bertz CT molecular complexity index is 664. The van der Waals surface area contributed by atoms with Gasteiger partial charge in [-0.2, -0.15) is 0 Å². The van der Waals surface area contributed by atoms with Crippen LogP contribution < -0.4 is 10.6 Å². The highest BCUT2D eigenvalue weighted by Crippen LogP contribution is 2.57. The minimum absolute atomic E-state index is 0.128. The molecule has 2 aliphatic rings. The molecular weight excluding hydrogens is 382 g/mol. The van der Waals surface area contributed by atoms with Gasteiger partial charge in [0.25, 0.3) is 5.91 Å². The maximum absolute atomic E-state index is 12.4. The van der Waals surface area contributed by atoms with Gasteiger partial charge in [-0.05, 0) is 76.1 Å². The van der Waals surface area contributed by atoms with E-state index < -0.39 is 0 Å². The first-order valence-corrected chi connectivity index (χ1v) is 11.0. The highest BCUT2D eigenvalue weighted by molar-refractivity contribution is 7.17. The molecule has 2 fully saturated rings. The number of nitrogens with zero attached hydrogens (tertiary/aromatic N) is 1. The van der Waals surface area contributed by atoms with Crippen LogP contribution in [0.2, 0.25) is 4.34 Å². The lowest BCUT2D eigenvalue weighted by atomic mass is 9.73. The summed E-state index contributed by atoms with van der Waals surface area (Å²) in [6.07, 6.45) is 7.02. The molecule has 0 bridgehead atoms. The predicted octanol–water partition coefficient (Wildman–Crippen LogP) is 3.40. The molecule has 27 heavy (non-hydrogen) atoms. The number of nitrogens with one attached hydrogen (secondary N) is 2. The Kier molecular flexibility index (Phi) is 6.82. The normalized spacial score (nSPS) is 23.9. The zero-order valence-electron chi connectivity index (χ0n) is 16.2. The molecule has 3 rings (SSSR count). The van der Waals surface area contributed by atoms with E-state index in [1.165, 1.54) is 43.6 Å². The van der Waals surface area contributed by atoms with Crippen LogP contribution in [-0.4, -0.2) is 50.4 Å². The van der Waals surface area contributed by atoms with Crippen molar-refractivity contribution in [3.05, 3.63) is 21.3 Å². The third-order valence-corrected chi connectivity index (χ3v) is 7.22. The Hall–Kier alpha value is -1.11. The Morgan fingerprint density at radius 1 is 1.15 bits per heavy atom. The Labute approximate surface area is 170 Å². The number of halogens is 1. The second kappa shape index (κ2) is 8.93. The SMILES string of the molecule is CN(C)CC1(C2CCC(C(=O)NCCNC(=O)c3ccc(Cl)s3)CC2)CC1. The van der Waals surface area contributed by atoms with Crippen LogP contribution in [0.3, 0.4) is 0 Å². The van der Waals surface area contributed by atoms with Crippen LogP contribution in [0.15, 0.2) is 12.1 Å². The lowest BCUT2D eigenvalue weighted by Crippen LogP contribution is -2.39. The summed E-state index contributed by atoms with van der Waals surface area (Å²) >= 11 is 7.10. The summed E-state index contributed by atoms with van der Waals surface area (Å²) < 4.78 is 0.600. The first kappa shape index (κ1) is 20.6. The molecule has 2 N–H and O–H groups in total. The summed E-state index contributed by atoms with van der Waals surface area (Å²) in [5, 5.41) is 5.80. The van der Waals surface area contributed by atoms with E-state index in [1.807, 2.05) is 0 Å². The fraction of sp³-hybridized carbons (Fsp3) is 0.700. The minimum Gasteiger partial charge on any atom is -0.354 e. The van der Waals surface area contributed by atoms with Gasteiger partial charge in [0.05, 0.1) is 9.21 Å². The predicted molar refractivity (Wildman–Crippen MR) is 110 cm³/mol. The highest BCUT2D eigenvalue weighted by Gasteiger charge is 2.50. The van der Waals surface area contributed by atoms with Gasteiger partial charge in [0.1, 0.15) is 0 Å². The van der Waals surface area contributed by atoms with E-state index >= 15 is 0 Å². The van der Waals surface area contributed by atoms with Crippen LogP contribution >= 0.6 is 22.9 Å². The van der Waals surface area contributed by atoms with Crippen LogP contribution in [0.1, 0.15) is 48.2 Å². The summed E-state index contributed by atoms with van der Waals surface area (Å²) in [6.45, 7) is 2.08. The van der Waals surface area contributed by atoms with Crippen LogP contribution in [-0.2, 0) is 4.79 Å². The molecule has 5 nitrogen and oxygen atoms in total. The van der Waals surface area contributed by atoms with Gasteiger partial charge in [-0.25, -0.2) is 0 Å². The van der Waals surface area contributed by atoms with Crippen molar-refractivity contribution in [3.63, 3.8) is 0 Å². The van der Waals surface area contributed by atoms with Crippen molar-refractivity contribution >= 4 is 34.8 Å². The van der Waals surface area contributed by atoms with Crippen molar-refractivity contribution in [3.8, 4) is 0 Å². The molecule has 1 aromatic rings. The van der Waals surface area contributed by atoms with E-state index in [9.17, 15) is 9.59 Å². The van der Waals surface area contributed by atoms with Gasteiger partial charge in [0.15, 0.2) is 0 Å². The second-order valence-corrected chi connectivity index (χ2v) is 10.0. The highest BCUT2D eigenvalue weighted by atomic mass is 35.5. The van der Waals surface area contributed by atoms with Crippen molar-refractivity contribution in [1.82, 2.24) is 15.5 Å². The van der Waals surface area contributed by atoms with Crippen LogP contribution in [0.4, 0.5) is 0 Å². The van der Waals surface area contributed by atoms with Gasteiger partial charge in [-0.3, -0.25) is 9.59 Å². The molecule has 0 atom stereocenters.